The van der Waals surface area contributed by atoms with E-state index in [9.17, 15) is 4.79 Å². The second-order valence-corrected chi connectivity index (χ2v) is 7.95. The first-order valence-corrected chi connectivity index (χ1v) is 10.6. The molecule has 4 aromatic rings. The fourth-order valence-corrected chi connectivity index (χ4v) is 4.32. The molecular weight excluding hydrogens is 436 g/mol. The van der Waals surface area contributed by atoms with Gasteiger partial charge in [0, 0.05) is 5.39 Å². The second kappa shape index (κ2) is 8.47. The molecule has 31 heavy (non-hydrogen) atoms. The summed E-state index contributed by atoms with van der Waals surface area (Å²) in [4.78, 5) is 16.7. The van der Waals surface area contributed by atoms with Crippen LogP contribution in [0.2, 0.25) is 0 Å². The fraction of sp³-hybridized carbons (Fsp3) is 0.211. The zero-order valence-corrected chi connectivity index (χ0v) is 17.9. The van der Waals surface area contributed by atoms with E-state index >= 15 is 0 Å². The number of aryl methyl sites for hydroxylation is 1. The summed E-state index contributed by atoms with van der Waals surface area (Å²) in [6.07, 6.45) is 0. The molecule has 12 heteroatoms. The highest BCUT2D eigenvalue weighted by Crippen LogP contribution is 2.34. The quantitative estimate of drug-likeness (QED) is 0.314. The first-order chi connectivity index (χ1) is 15.0. The van der Waals surface area contributed by atoms with Crippen LogP contribution in [0.1, 0.15) is 33.2 Å². The Balaban J connectivity index is 1.71. The summed E-state index contributed by atoms with van der Waals surface area (Å²) in [5.41, 5.74) is 2.66. The van der Waals surface area contributed by atoms with Crippen molar-refractivity contribution in [2.24, 2.45) is 10.2 Å². The molecule has 0 aliphatic heterocycles. The number of nitrogens with zero attached hydrogens (tertiary/aromatic N) is 8. The Morgan fingerprint density at radius 1 is 1.23 bits per heavy atom. The van der Waals surface area contributed by atoms with E-state index in [2.05, 4.69) is 29.8 Å². The van der Waals surface area contributed by atoms with Gasteiger partial charge in [-0.15, -0.1) is 20.4 Å². The number of rotatable bonds is 5. The van der Waals surface area contributed by atoms with Crippen LogP contribution in [0.5, 0.6) is 0 Å². The van der Waals surface area contributed by atoms with Crippen molar-refractivity contribution in [3.8, 4) is 12.1 Å². The van der Waals surface area contributed by atoms with Gasteiger partial charge < -0.3 is 4.74 Å². The standard InChI is InChI=1S/C19H12N8O2S2/c1-3-29-19(28)16-15-14(27-31-16)12-6-11(4-5-13(12)24-25-15)23-26-17-9(2)22-18(30-17)10(7-20)8-21/h4-6,10H,3H2,1-2H3/b26-23+. The van der Waals surface area contributed by atoms with Crippen LogP contribution in [0, 0.1) is 29.6 Å². The second-order valence-electron chi connectivity index (χ2n) is 6.16. The molecule has 0 spiro atoms. The smallest absolute Gasteiger partial charge is 0.352 e. The molecule has 3 aromatic heterocycles. The Labute approximate surface area is 183 Å². The number of thiazole rings is 1. The fourth-order valence-electron chi connectivity index (χ4n) is 2.72. The van der Waals surface area contributed by atoms with E-state index in [1.807, 2.05) is 12.1 Å². The van der Waals surface area contributed by atoms with Gasteiger partial charge in [0.15, 0.2) is 15.8 Å². The van der Waals surface area contributed by atoms with Gasteiger partial charge in [0.05, 0.1) is 35.6 Å². The topological polar surface area (TPSA) is 150 Å². The lowest BCUT2D eigenvalue weighted by atomic mass is 10.2. The Kier molecular flexibility index (Phi) is 5.58. The molecule has 0 saturated heterocycles. The molecule has 0 aliphatic carbocycles. The normalized spacial score (nSPS) is 11.3. The highest BCUT2D eigenvalue weighted by atomic mass is 32.1. The minimum Gasteiger partial charge on any atom is -0.462 e. The SMILES string of the molecule is CCOC(=O)c1snc2c1nnc1ccc(/N=N/c3sc(C(C#N)C#N)nc3C)cc12. The van der Waals surface area contributed by atoms with Crippen molar-refractivity contribution in [1.29, 1.82) is 10.5 Å². The average molecular weight is 448 g/mol. The van der Waals surface area contributed by atoms with Gasteiger partial charge in [-0.05, 0) is 43.6 Å². The maximum Gasteiger partial charge on any atom is 0.352 e. The summed E-state index contributed by atoms with van der Waals surface area (Å²) in [5.74, 6) is -1.41. The summed E-state index contributed by atoms with van der Waals surface area (Å²) in [7, 11) is 0. The zero-order chi connectivity index (χ0) is 22.0. The van der Waals surface area contributed by atoms with Crippen LogP contribution in [0.3, 0.4) is 0 Å². The molecule has 0 unspecified atom stereocenters. The molecule has 3 heterocycles. The number of nitriles is 2. The van der Waals surface area contributed by atoms with Gasteiger partial charge in [-0.3, -0.25) is 0 Å². The Morgan fingerprint density at radius 3 is 2.77 bits per heavy atom. The number of azo groups is 1. The number of ether oxygens (including phenoxy) is 1. The number of carbonyl (C=O) groups is 1. The molecule has 0 aliphatic rings. The monoisotopic (exact) mass is 448 g/mol. The number of fused-ring (bicyclic) bond motifs is 3. The van der Waals surface area contributed by atoms with E-state index in [4.69, 9.17) is 15.3 Å². The number of carbonyl (C=O) groups excluding carboxylic acids is 1. The summed E-state index contributed by atoms with van der Waals surface area (Å²) in [6.45, 7) is 3.73. The van der Waals surface area contributed by atoms with E-state index in [0.29, 0.717) is 48.2 Å². The molecule has 0 amide bonds. The van der Waals surface area contributed by atoms with Crippen molar-refractivity contribution in [3.63, 3.8) is 0 Å². The van der Waals surface area contributed by atoms with Gasteiger partial charge in [0.25, 0.3) is 0 Å². The molecule has 0 radical (unpaired) electrons. The van der Waals surface area contributed by atoms with Crippen LogP contribution in [0.15, 0.2) is 28.4 Å². The molecule has 0 saturated carbocycles. The molecule has 0 bridgehead atoms. The third kappa shape index (κ3) is 3.82. The number of esters is 1. The van der Waals surface area contributed by atoms with E-state index < -0.39 is 11.9 Å². The van der Waals surface area contributed by atoms with E-state index in [1.54, 1.807) is 32.0 Å². The summed E-state index contributed by atoms with van der Waals surface area (Å²) < 4.78 is 9.41. The van der Waals surface area contributed by atoms with Crippen molar-refractivity contribution in [2.45, 2.75) is 19.8 Å². The van der Waals surface area contributed by atoms with Gasteiger partial charge >= 0.3 is 5.97 Å². The molecule has 0 N–H and O–H groups in total. The predicted octanol–water partition coefficient (Wildman–Crippen LogP) is 4.73. The van der Waals surface area contributed by atoms with E-state index in [-0.39, 0.29) is 6.61 Å². The van der Waals surface area contributed by atoms with Gasteiger partial charge in [-0.1, -0.05) is 11.3 Å². The molecule has 4 rings (SSSR count). The van der Waals surface area contributed by atoms with Crippen molar-refractivity contribution < 1.29 is 9.53 Å². The lowest BCUT2D eigenvalue weighted by Gasteiger charge is -2.00. The largest absolute Gasteiger partial charge is 0.462 e. The maximum absolute atomic E-state index is 12.1. The molecule has 0 atom stereocenters. The minimum absolute atomic E-state index is 0.256. The highest BCUT2D eigenvalue weighted by molar-refractivity contribution is 7.15. The van der Waals surface area contributed by atoms with E-state index in [1.165, 1.54) is 0 Å². The Hall–Kier alpha value is -3.87. The van der Waals surface area contributed by atoms with Gasteiger partial charge in [-0.25, -0.2) is 9.78 Å². The third-order valence-electron chi connectivity index (χ3n) is 4.17. The lowest BCUT2D eigenvalue weighted by Crippen LogP contribution is -2.03. The van der Waals surface area contributed by atoms with Crippen LogP contribution in [-0.4, -0.2) is 32.1 Å². The number of benzene rings is 1. The number of aromatic nitrogens is 4. The summed E-state index contributed by atoms with van der Waals surface area (Å²) >= 11 is 2.17. The van der Waals surface area contributed by atoms with Crippen LogP contribution in [0.4, 0.5) is 10.7 Å². The molecule has 10 nitrogen and oxygen atoms in total. The van der Waals surface area contributed by atoms with Crippen LogP contribution < -0.4 is 0 Å². The highest BCUT2D eigenvalue weighted by Gasteiger charge is 2.19. The van der Waals surface area contributed by atoms with Crippen LogP contribution >= 0.6 is 22.9 Å². The average Bonchev–Trinajstić information content (AvgIpc) is 3.37. The Bertz CT molecular complexity index is 1410. The number of hydrogen-bond acceptors (Lipinski definition) is 12. The maximum atomic E-state index is 12.1. The molecule has 0 fully saturated rings. The minimum atomic E-state index is -0.932. The lowest BCUT2D eigenvalue weighted by molar-refractivity contribution is 0.0534. The summed E-state index contributed by atoms with van der Waals surface area (Å²) in [5, 5.41) is 36.4. The van der Waals surface area contributed by atoms with Gasteiger partial charge in [-0.2, -0.15) is 14.9 Å². The first kappa shape index (κ1) is 20.4. The van der Waals surface area contributed by atoms with Crippen molar-refractivity contribution >= 4 is 61.5 Å². The molecular formula is C19H12N8O2S2. The first-order valence-electron chi connectivity index (χ1n) is 8.97. The van der Waals surface area contributed by atoms with Crippen molar-refractivity contribution in [3.05, 3.63) is 33.8 Å². The third-order valence-corrected chi connectivity index (χ3v) is 6.09. The Morgan fingerprint density at radius 2 is 2.03 bits per heavy atom. The van der Waals surface area contributed by atoms with Crippen molar-refractivity contribution in [1.82, 2.24) is 19.6 Å². The zero-order valence-electron chi connectivity index (χ0n) is 16.2. The predicted molar refractivity (Wildman–Crippen MR) is 114 cm³/mol. The van der Waals surface area contributed by atoms with Crippen LogP contribution in [-0.2, 0) is 4.74 Å². The summed E-state index contributed by atoms with van der Waals surface area (Å²) in [6, 6.07) is 9.03. The number of hydrogen-bond donors (Lipinski definition) is 0. The molecule has 152 valence electrons. The van der Waals surface area contributed by atoms with Crippen LogP contribution in [0.25, 0.3) is 21.9 Å². The van der Waals surface area contributed by atoms with E-state index in [0.717, 1.165) is 22.9 Å². The van der Waals surface area contributed by atoms with Crippen molar-refractivity contribution in [2.75, 3.05) is 6.61 Å². The molecule has 1 aromatic carbocycles. The van der Waals surface area contributed by atoms with Gasteiger partial charge in [0.1, 0.15) is 16.0 Å². The van der Waals surface area contributed by atoms with Gasteiger partial charge in [0.2, 0.25) is 0 Å².